The maximum Gasteiger partial charge on any atom is 0.312 e. The predicted molar refractivity (Wildman–Crippen MR) is 44.8 cm³/mol. The number of ether oxygens (including phenoxy) is 1. The molecule has 0 aliphatic carbocycles. The van der Waals surface area contributed by atoms with Crippen molar-refractivity contribution in [2.45, 2.75) is 6.54 Å². The lowest BCUT2D eigenvalue weighted by Crippen LogP contribution is -2.35. The van der Waals surface area contributed by atoms with E-state index in [1.165, 1.54) is 0 Å². The summed E-state index contributed by atoms with van der Waals surface area (Å²) in [5.74, 6) is 0.569. The first-order valence-electron chi connectivity index (χ1n) is 4.22. The number of hydrogen-bond acceptors (Lipinski definition) is 6. The van der Waals surface area contributed by atoms with Crippen LogP contribution < -0.4 is 5.73 Å². The Hall–Kier alpha value is -1.14. The predicted octanol–water partition coefficient (Wildman–Crippen LogP) is -0.516. The van der Waals surface area contributed by atoms with Crippen molar-refractivity contribution in [1.82, 2.24) is 15.1 Å². The molecule has 2 heterocycles. The molecular weight excluding hydrogens is 172 g/mol. The summed E-state index contributed by atoms with van der Waals surface area (Å²) in [6.07, 6.45) is 0. The Morgan fingerprint density at radius 2 is 2.08 bits per heavy atom. The fourth-order valence-corrected chi connectivity index (χ4v) is 1.28. The van der Waals surface area contributed by atoms with Crippen molar-refractivity contribution in [3.8, 4) is 0 Å². The Morgan fingerprint density at radius 3 is 2.69 bits per heavy atom. The SMILES string of the molecule is Nc1nnc(CN2CCOCC2)o1. The highest BCUT2D eigenvalue weighted by Crippen LogP contribution is 2.06. The molecule has 1 saturated heterocycles. The highest BCUT2D eigenvalue weighted by atomic mass is 16.5. The van der Waals surface area contributed by atoms with Gasteiger partial charge in [0.2, 0.25) is 5.89 Å². The van der Waals surface area contributed by atoms with Gasteiger partial charge in [0.25, 0.3) is 0 Å². The van der Waals surface area contributed by atoms with E-state index in [-0.39, 0.29) is 6.01 Å². The van der Waals surface area contributed by atoms with Crippen LogP contribution >= 0.6 is 0 Å². The summed E-state index contributed by atoms with van der Waals surface area (Å²) in [5, 5.41) is 7.37. The molecule has 0 radical (unpaired) electrons. The maximum atomic E-state index is 5.30. The quantitative estimate of drug-likeness (QED) is 0.666. The van der Waals surface area contributed by atoms with E-state index >= 15 is 0 Å². The minimum Gasteiger partial charge on any atom is -0.407 e. The Morgan fingerprint density at radius 1 is 1.31 bits per heavy atom. The van der Waals surface area contributed by atoms with Gasteiger partial charge in [-0.1, -0.05) is 5.10 Å². The first kappa shape index (κ1) is 8.46. The van der Waals surface area contributed by atoms with Crippen LogP contribution in [0.3, 0.4) is 0 Å². The first-order valence-corrected chi connectivity index (χ1v) is 4.22. The van der Waals surface area contributed by atoms with Gasteiger partial charge in [0.05, 0.1) is 19.8 Å². The second kappa shape index (κ2) is 3.71. The van der Waals surface area contributed by atoms with Gasteiger partial charge in [0, 0.05) is 13.1 Å². The number of hydrogen-bond donors (Lipinski definition) is 1. The number of anilines is 1. The summed E-state index contributed by atoms with van der Waals surface area (Å²) in [6.45, 7) is 4.01. The van der Waals surface area contributed by atoms with Gasteiger partial charge in [-0.15, -0.1) is 5.10 Å². The topological polar surface area (TPSA) is 77.4 Å². The number of morpholine rings is 1. The molecule has 0 saturated carbocycles. The molecule has 6 heteroatoms. The molecule has 0 amide bonds. The zero-order valence-corrected chi connectivity index (χ0v) is 7.27. The Kier molecular flexibility index (Phi) is 2.42. The van der Waals surface area contributed by atoms with E-state index in [4.69, 9.17) is 14.9 Å². The van der Waals surface area contributed by atoms with Crippen LogP contribution in [0.2, 0.25) is 0 Å². The summed E-state index contributed by atoms with van der Waals surface area (Å²) in [5.41, 5.74) is 5.30. The van der Waals surface area contributed by atoms with Crippen LogP contribution in [-0.2, 0) is 11.3 Å². The molecule has 0 aromatic carbocycles. The molecule has 1 aliphatic heterocycles. The molecule has 0 unspecified atom stereocenters. The van der Waals surface area contributed by atoms with Gasteiger partial charge in [-0.3, -0.25) is 4.90 Å². The van der Waals surface area contributed by atoms with Gasteiger partial charge >= 0.3 is 6.01 Å². The molecule has 2 N–H and O–H groups in total. The summed E-state index contributed by atoms with van der Waals surface area (Å²) in [4.78, 5) is 2.19. The molecule has 1 aromatic heterocycles. The largest absolute Gasteiger partial charge is 0.407 e. The zero-order valence-electron chi connectivity index (χ0n) is 7.27. The van der Waals surface area contributed by atoms with E-state index in [1.54, 1.807) is 0 Å². The van der Waals surface area contributed by atoms with Gasteiger partial charge in [-0.25, -0.2) is 0 Å². The second-order valence-electron chi connectivity index (χ2n) is 2.92. The summed E-state index contributed by atoms with van der Waals surface area (Å²) >= 11 is 0. The van der Waals surface area contributed by atoms with Crippen molar-refractivity contribution in [3.05, 3.63) is 5.89 Å². The average Bonchev–Trinajstić information content (AvgIpc) is 2.53. The molecule has 1 aliphatic rings. The van der Waals surface area contributed by atoms with Crippen LogP contribution in [0.25, 0.3) is 0 Å². The number of nitrogen functional groups attached to an aromatic ring is 1. The fraction of sp³-hybridized carbons (Fsp3) is 0.714. The van der Waals surface area contributed by atoms with Crippen LogP contribution in [0, 0.1) is 0 Å². The van der Waals surface area contributed by atoms with Crippen molar-refractivity contribution in [1.29, 1.82) is 0 Å². The minimum absolute atomic E-state index is 0.128. The standard InChI is InChI=1S/C7H12N4O2/c8-7-10-9-6(13-7)5-11-1-3-12-4-2-11/h1-5H2,(H2,8,10). The molecule has 1 aromatic rings. The van der Waals surface area contributed by atoms with E-state index in [9.17, 15) is 0 Å². The molecule has 13 heavy (non-hydrogen) atoms. The lowest BCUT2D eigenvalue weighted by atomic mass is 10.4. The van der Waals surface area contributed by atoms with Crippen LogP contribution in [0.1, 0.15) is 5.89 Å². The van der Waals surface area contributed by atoms with E-state index in [0.717, 1.165) is 26.3 Å². The highest BCUT2D eigenvalue weighted by molar-refractivity contribution is 5.04. The first-order chi connectivity index (χ1) is 6.34. The molecule has 2 rings (SSSR count). The Bertz CT molecular complexity index is 269. The molecule has 0 atom stereocenters. The third-order valence-electron chi connectivity index (χ3n) is 1.95. The molecular formula is C7H12N4O2. The molecule has 0 spiro atoms. The highest BCUT2D eigenvalue weighted by Gasteiger charge is 2.13. The Labute approximate surface area is 75.7 Å². The van der Waals surface area contributed by atoms with Gasteiger partial charge in [-0.2, -0.15) is 0 Å². The maximum absolute atomic E-state index is 5.30. The van der Waals surface area contributed by atoms with Gasteiger partial charge in [0.15, 0.2) is 0 Å². The zero-order chi connectivity index (χ0) is 9.10. The second-order valence-corrected chi connectivity index (χ2v) is 2.92. The van der Waals surface area contributed by atoms with E-state index in [2.05, 4.69) is 15.1 Å². The van der Waals surface area contributed by atoms with Gasteiger partial charge in [0.1, 0.15) is 0 Å². The third kappa shape index (κ3) is 2.16. The fourth-order valence-electron chi connectivity index (χ4n) is 1.28. The van der Waals surface area contributed by atoms with Crippen LogP contribution in [0.4, 0.5) is 6.01 Å². The lowest BCUT2D eigenvalue weighted by Gasteiger charge is -2.24. The van der Waals surface area contributed by atoms with Crippen molar-refractivity contribution < 1.29 is 9.15 Å². The van der Waals surface area contributed by atoms with E-state index in [0.29, 0.717) is 12.4 Å². The van der Waals surface area contributed by atoms with Crippen molar-refractivity contribution in [2.75, 3.05) is 32.0 Å². The summed E-state index contributed by atoms with van der Waals surface area (Å²) in [6, 6.07) is 0.128. The number of nitrogens with two attached hydrogens (primary N) is 1. The smallest absolute Gasteiger partial charge is 0.312 e. The molecule has 6 nitrogen and oxygen atoms in total. The van der Waals surface area contributed by atoms with E-state index in [1.807, 2.05) is 0 Å². The molecule has 0 bridgehead atoms. The Balaban J connectivity index is 1.89. The minimum atomic E-state index is 0.128. The van der Waals surface area contributed by atoms with Crippen molar-refractivity contribution in [2.24, 2.45) is 0 Å². The molecule has 1 fully saturated rings. The number of rotatable bonds is 2. The number of nitrogens with zero attached hydrogens (tertiary/aromatic N) is 3. The van der Waals surface area contributed by atoms with Crippen LogP contribution in [-0.4, -0.2) is 41.4 Å². The summed E-state index contributed by atoms with van der Waals surface area (Å²) in [7, 11) is 0. The lowest BCUT2D eigenvalue weighted by molar-refractivity contribution is 0.0306. The van der Waals surface area contributed by atoms with Crippen molar-refractivity contribution >= 4 is 6.01 Å². The monoisotopic (exact) mass is 184 g/mol. The third-order valence-corrected chi connectivity index (χ3v) is 1.95. The van der Waals surface area contributed by atoms with Crippen LogP contribution in [0.15, 0.2) is 4.42 Å². The molecule has 72 valence electrons. The number of aromatic nitrogens is 2. The summed E-state index contributed by atoms with van der Waals surface area (Å²) < 4.78 is 10.3. The van der Waals surface area contributed by atoms with Crippen LogP contribution in [0.5, 0.6) is 0 Å². The van der Waals surface area contributed by atoms with Gasteiger partial charge < -0.3 is 14.9 Å². The average molecular weight is 184 g/mol. The van der Waals surface area contributed by atoms with Gasteiger partial charge in [-0.05, 0) is 0 Å². The normalized spacial score (nSPS) is 19.1. The van der Waals surface area contributed by atoms with Crippen molar-refractivity contribution in [3.63, 3.8) is 0 Å². The van der Waals surface area contributed by atoms with E-state index < -0.39 is 0 Å².